The average Bonchev–Trinajstić information content (AvgIpc) is 3.12. The lowest BCUT2D eigenvalue weighted by molar-refractivity contribution is -0.123. The molecule has 0 bridgehead atoms. The molecule has 4 nitrogen and oxygen atoms in total. The van der Waals surface area contributed by atoms with Gasteiger partial charge in [-0.1, -0.05) is 167 Å². The van der Waals surface area contributed by atoms with Crippen molar-refractivity contribution in [2.75, 3.05) is 6.61 Å². The number of rotatable bonds is 33. The minimum atomic E-state index is -0.851. The maximum absolute atomic E-state index is 12.2. The van der Waals surface area contributed by atoms with E-state index in [0.717, 1.165) is 103 Å². The van der Waals surface area contributed by atoms with Gasteiger partial charge in [-0.2, -0.15) is 0 Å². The monoisotopic (exact) mass is 688 g/mol. The van der Waals surface area contributed by atoms with Gasteiger partial charge in [0.2, 0.25) is 5.91 Å². The Kier molecular flexibility index (Phi) is 37.6. The van der Waals surface area contributed by atoms with Gasteiger partial charge in [-0.15, -0.1) is 0 Å². The highest BCUT2D eigenvalue weighted by molar-refractivity contribution is 5.76. The summed E-state index contributed by atoms with van der Waals surface area (Å²) in [6.45, 7) is 4.05. The highest BCUT2D eigenvalue weighted by Crippen LogP contribution is 2.09. The van der Waals surface area contributed by atoms with Gasteiger partial charge in [0.05, 0.1) is 18.8 Å². The largest absolute Gasteiger partial charge is 0.394 e. The van der Waals surface area contributed by atoms with Crippen molar-refractivity contribution in [2.45, 2.75) is 154 Å². The molecular formula is C46H73NO3. The van der Waals surface area contributed by atoms with Crippen LogP contribution in [0, 0.1) is 0 Å². The SMILES string of the molecule is CC/C=C\C/C=C\C/C=C\C/C=C\C/C=C\C/C=C\C/C=C\C/C=C\C/C=C\CCCCCCCC(=O)NC(CO)C(O)/C=C/CCCCC. The van der Waals surface area contributed by atoms with Crippen LogP contribution in [0.2, 0.25) is 0 Å². The maximum Gasteiger partial charge on any atom is 0.220 e. The zero-order chi connectivity index (χ0) is 36.4. The number of nitrogens with one attached hydrogen (secondary N) is 1. The third-order valence-corrected chi connectivity index (χ3v) is 7.95. The van der Waals surface area contributed by atoms with Crippen molar-refractivity contribution in [1.29, 1.82) is 0 Å². The van der Waals surface area contributed by atoms with Gasteiger partial charge in [-0.05, 0) is 89.9 Å². The topological polar surface area (TPSA) is 69.6 Å². The fourth-order valence-electron chi connectivity index (χ4n) is 4.93. The van der Waals surface area contributed by atoms with Crippen LogP contribution in [0.3, 0.4) is 0 Å². The highest BCUT2D eigenvalue weighted by atomic mass is 16.3. The van der Waals surface area contributed by atoms with Crippen molar-refractivity contribution in [2.24, 2.45) is 0 Å². The van der Waals surface area contributed by atoms with Gasteiger partial charge in [0.1, 0.15) is 0 Å². The van der Waals surface area contributed by atoms with Crippen LogP contribution in [-0.4, -0.2) is 34.9 Å². The van der Waals surface area contributed by atoms with E-state index >= 15 is 0 Å². The van der Waals surface area contributed by atoms with Crippen LogP contribution >= 0.6 is 0 Å². The van der Waals surface area contributed by atoms with Crippen molar-refractivity contribution in [3.05, 3.63) is 122 Å². The van der Waals surface area contributed by atoms with E-state index in [2.05, 4.69) is 129 Å². The molecule has 0 spiro atoms. The van der Waals surface area contributed by atoms with Gasteiger partial charge >= 0.3 is 0 Å². The molecule has 50 heavy (non-hydrogen) atoms. The molecule has 2 atom stereocenters. The standard InChI is InChI=1S/C46H73NO3/c1-3-5-7-9-10-11-12-13-14-15-16-17-18-19-20-21-22-23-24-25-26-27-28-29-30-31-32-33-34-35-36-38-40-42-46(50)47-44(43-48)45(49)41-39-37-8-6-4-2/h5,7,10-11,13-14,16-17,19-20,22-23,25-26,28-29,31-32,39,41,44-45,48-49H,3-4,6,8-9,12,15,18,21,24,27,30,33-38,40,42-43H2,1-2H3,(H,47,50)/b7-5-,11-10-,14-13-,17-16-,20-19-,23-22-,26-25-,29-28-,32-31-,41-39+. The van der Waals surface area contributed by atoms with Crippen LogP contribution in [0.5, 0.6) is 0 Å². The Bertz CT molecular complexity index is 1050. The third kappa shape index (κ3) is 36.1. The summed E-state index contributed by atoms with van der Waals surface area (Å²) >= 11 is 0. The summed E-state index contributed by atoms with van der Waals surface area (Å²) in [6, 6.07) is -0.637. The van der Waals surface area contributed by atoms with Gasteiger partial charge in [-0.3, -0.25) is 4.79 Å². The Balaban J connectivity index is 3.68. The van der Waals surface area contributed by atoms with Crippen LogP contribution in [-0.2, 0) is 4.79 Å². The molecule has 1 amide bonds. The Morgan fingerprint density at radius 2 is 0.880 bits per heavy atom. The van der Waals surface area contributed by atoms with Gasteiger partial charge in [-0.25, -0.2) is 0 Å². The first-order valence-corrected chi connectivity index (χ1v) is 19.7. The van der Waals surface area contributed by atoms with Crippen molar-refractivity contribution in [1.82, 2.24) is 5.32 Å². The van der Waals surface area contributed by atoms with Gasteiger partial charge in [0.25, 0.3) is 0 Å². The molecule has 0 saturated heterocycles. The zero-order valence-electron chi connectivity index (χ0n) is 31.9. The molecule has 4 heteroatoms. The number of hydrogen-bond acceptors (Lipinski definition) is 3. The summed E-state index contributed by atoms with van der Waals surface area (Å²) in [5, 5.41) is 22.6. The maximum atomic E-state index is 12.2. The van der Waals surface area contributed by atoms with Crippen LogP contribution in [0.1, 0.15) is 142 Å². The number of amides is 1. The second-order valence-electron chi connectivity index (χ2n) is 12.6. The number of carbonyl (C=O) groups excluding carboxylic acids is 1. The minimum absolute atomic E-state index is 0.0983. The molecule has 0 aliphatic heterocycles. The van der Waals surface area contributed by atoms with Crippen molar-refractivity contribution < 1.29 is 15.0 Å². The minimum Gasteiger partial charge on any atom is -0.394 e. The number of aliphatic hydroxyl groups is 2. The lowest BCUT2D eigenvalue weighted by Gasteiger charge is -2.19. The zero-order valence-corrected chi connectivity index (χ0v) is 31.9. The number of carbonyl (C=O) groups is 1. The summed E-state index contributed by atoms with van der Waals surface area (Å²) in [4.78, 5) is 12.2. The van der Waals surface area contributed by atoms with Crippen LogP contribution in [0.25, 0.3) is 0 Å². The Morgan fingerprint density at radius 3 is 1.32 bits per heavy atom. The molecule has 2 unspecified atom stereocenters. The summed E-state index contributed by atoms with van der Waals surface area (Å²) in [5.74, 6) is -0.0983. The van der Waals surface area contributed by atoms with E-state index < -0.39 is 12.1 Å². The van der Waals surface area contributed by atoms with Gasteiger partial charge in [0.15, 0.2) is 0 Å². The first-order chi connectivity index (χ1) is 24.7. The van der Waals surface area contributed by atoms with Crippen LogP contribution in [0.15, 0.2) is 122 Å². The molecule has 0 aliphatic carbocycles. The summed E-state index contributed by atoms with van der Waals surface area (Å²) in [5.41, 5.74) is 0. The molecule has 0 aliphatic rings. The smallest absolute Gasteiger partial charge is 0.220 e. The second-order valence-corrected chi connectivity index (χ2v) is 12.6. The third-order valence-electron chi connectivity index (χ3n) is 7.95. The van der Waals surface area contributed by atoms with E-state index in [1.54, 1.807) is 6.08 Å². The molecule has 0 aromatic carbocycles. The lowest BCUT2D eigenvalue weighted by Crippen LogP contribution is -2.45. The molecule has 0 aromatic rings. The fourth-order valence-corrected chi connectivity index (χ4v) is 4.93. The Morgan fingerprint density at radius 1 is 0.500 bits per heavy atom. The molecular weight excluding hydrogens is 615 g/mol. The van der Waals surface area contributed by atoms with Gasteiger partial charge < -0.3 is 15.5 Å². The van der Waals surface area contributed by atoms with Crippen LogP contribution in [0.4, 0.5) is 0 Å². The van der Waals surface area contributed by atoms with E-state index in [1.165, 1.54) is 19.3 Å². The van der Waals surface area contributed by atoms with Crippen molar-refractivity contribution >= 4 is 5.91 Å². The summed E-state index contributed by atoms with van der Waals surface area (Å²) < 4.78 is 0. The Labute approximate surface area is 308 Å². The summed E-state index contributed by atoms with van der Waals surface area (Å²) in [7, 11) is 0. The van der Waals surface area contributed by atoms with E-state index in [0.29, 0.717) is 6.42 Å². The molecule has 0 saturated carbocycles. The van der Waals surface area contributed by atoms with E-state index in [-0.39, 0.29) is 12.5 Å². The number of hydrogen-bond donors (Lipinski definition) is 3. The number of allylic oxidation sites excluding steroid dienone is 19. The average molecular weight is 688 g/mol. The van der Waals surface area contributed by atoms with Crippen molar-refractivity contribution in [3.63, 3.8) is 0 Å². The first-order valence-electron chi connectivity index (χ1n) is 19.7. The normalized spacial score (nSPS) is 14.4. The summed E-state index contributed by atoms with van der Waals surface area (Å²) in [6.07, 6.45) is 63.2. The Hall–Kier alpha value is -3.21. The predicted molar refractivity (Wildman–Crippen MR) is 220 cm³/mol. The highest BCUT2D eigenvalue weighted by Gasteiger charge is 2.17. The molecule has 0 fully saturated rings. The quantitative estimate of drug-likeness (QED) is 0.0475. The van der Waals surface area contributed by atoms with Gasteiger partial charge in [0, 0.05) is 6.42 Å². The van der Waals surface area contributed by atoms with E-state index in [9.17, 15) is 15.0 Å². The van der Waals surface area contributed by atoms with Crippen LogP contribution < -0.4 is 5.32 Å². The molecule has 0 heterocycles. The molecule has 3 N–H and O–H groups in total. The molecule has 280 valence electrons. The lowest BCUT2D eigenvalue weighted by atomic mass is 10.1. The number of aliphatic hydroxyl groups excluding tert-OH is 2. The second kappa shape index (κ2) is 40.2. The molecule has 0 rings (SSSR count). The fraction of sp³-hybridized carbons (Fsp3) is 0.543. The number of unbranched alkanes of at least 4 members (excludes halogenated alkanes) is 8. The first kappa shape index (κ1) is 46.8. The predicted octanol–water partition coefficient (Wildman–Crippen LogP) is 12.2. The molecule has 0 radical (unpaired) electrons. The van der Waals surface area contributed by atoms with E-state index in [1.807, 2.05) is 6.08 Å². The van der Waals surface area contributed by atoms with E-state index in [4.69, 9.17) is 0 Å². The molecule has 0 aromatic heterocycles. The van der Waals surface area contributed by atoms with Crippen molar-refractivity contribution in [3.8, 4) is 0 Å².